The number of amides is 2. The molecule has 2 rings (SSSR count). The number of non-ortho nitro benzene ring substituents is 1. The minimum atomic E-state index is -0.971. The first-order valence-corrected chi connectivity index (χ1v) is 6.48. The molecule has 0 aromatic heterocycles. The number of hydrogen-bond donors (Lipinski definition) is 2. The minimum absolute atomic E-state index is 0.274. The van der Waals surface area contributed by atoms with Crippen molar-refractivity contribution in [2.75, 3.05) is 0 Å². The summed E-state index contributed by atoms with van der Waals surface area (Å²) in [5.74, 6) is -1.59. The van der Waals surface area contributed by atoms with Gasteiger partial charge >= 0.3 is 0 Å². The predicted octanol–water partition coefficient (Wildman–Crippen LogP) is 1.58. The lowest BCUT2D eigenvalue weighted by Gasteiger charge is -2.07. The Bertz CT molecular complexity index is 821. The molecule has 2 N–H and O–H groups in total. The molecule has 0 saturated heterocycles. The summed E-state index contributed by atoms with van der Waals surface area (Å²) in [5.41, 5.74) is 2.73. The van der Waals surface area contributed by atoms with Crippen LogP contribution in [0.15, 0.2) is 48.5 Å². The van der Waals surface area contributed by atoms with Crippen molar-refractivity contribution in [1.29, 1.82) is 0 Å². The average molecular weight is 330 g/mol. The maximum atomic E-state index is 12.0. The van der Waals surface area contributed by atoms with Crippen LogP contribution in [0.4, 0.5) is 11.4 Å². The van der Waals surface area contributed by atoms with Gasteiger partial charge in [-0.3, -0.25) is 40.7 Å². The van der Waals surface area contributed by atoms with Crippen molar-refractivity contribution in [3.63, 3.8) is 0 Å². The molecule has 0 heterocycles. The zero-order valence-electron chi connectivity index (χ0n) is 12.0. The standard InChI is InChI=1S/C14H10N4O6/c19-13(9-4-2-1-3-5-9)15-16-14(20)11-7-6-10(17(21)22)8-12(11)18(23)24/h1-8H,(H,15,19)(H,16,20). The van der Waals surface area contributed by atoms with Crippen LogP contribution in [0.25, 0.3) is 0 Å². The molecule has 2 amide bonds. The molecule has 0 radical (unpaired) electrons. The molecule has 0 fully saturated rings. The van der Waals surface area contributed by atoms with E-state index in [1.165, 1.54) is 12.1 Å². The molecule has 0 aliphatic heterocycles. The van der Waals surface area contributed by atoms with Gasteiger partial charge in [0.15, 0.2) is 0 Å². The van der Waals surface area contributed by atoms with Gasteiger partial charge in [0.2, 0.25) is 0 Å². The first-order valence-electron chi connectivity index (χ1n) is 6.48. The zero-order valence-corrected chi connectivity index (χ0v) is 12.0. The normalized spacial score (nSPS) is 9.83. The van der Waals surface area contributed by atoms with E-state index in [0.29, 0.717) is 6.07 Å². The number of hydrogen-bond acceptors (Lipinski definition) is 6. The van der Waals surface area contributed by atoms with Crippen LogP contribution >= 0.6 is 0 Å². The Kier molecular flexibility index (Phi) is 4.80. The van der Waals surface area contributed by atoms with E-state index in [-0.39, 0.29) is 5.56 Å². The number of nitro groups is 2. The van der Waals surface area contributed by atoms with Crippen LogP contribution in [0.2, 0.25) is 0 Å². The maximum absolute atomic E-state index is 12.0. The molecule has 0 spiro atoms. The van der Waals surface area contributed by atoms with Crippen LogP contribution in [0.3, 0.4) is 0 Å². The van der Waals surface area contributed by atoms with Gasteiger partial charge in [-0.2, -0.15) is 0 Å². The van der Waals surface area contributed by atoms with Crippen LogP contribution in [0.5, 0.6) is 0 Å². The van der Waals surface area contributed by atoms with Crippen LogP contribution in [0.1, 0.15) is 20.7 Å². The molecule has 24 heavy (non-hydrogen) atoms. The fraction of sp³-hybridized carbons (Fsp3) is 0. The molecule has 0 aliphatic carbocycles. The van der Waals surface area contributed by atoms with Crippen molar-refractivity contribution < 1.29 is 19.4 Å². The summed E-state index contributed by atoms with van der Waals surface area (Å²) in [6.07, 6.45) is 0. The van der Waals surface area contributed by atoms with Crippen LogP contribution < -0.4 is 10.9 Å². The predicted molar refractivity (Wildman–Crippen MR) is 81.1 cm³/mol. The third-order valence-corrected chi connectivity index (χ3v) is 2.96. The number of nitrogens with one attached hydrogen (secondary N) is 2. The Morgan fingerprint density at radius 1 is 0.833 bits per heavy atom. The van der Waals surface area contributed by atoms with E-state index in [1.807, 2.05) is 5.43 Å². The van der Waals surface area contributed by atoms with Gasteiger partial charge in [0, 0.05) is 11.6 Å². The van der Waals surface area contributed by atoms with E-state index in [0.717, 1.165) is 12.1 Å². The summed E-state index contributed by atoms with van der Waals surface area (Å²) >= 11 is 0. The first-order chi connectivity index (χ1) is 11.4. The molecule has 0 unspecified atom stereocenters. The first kappa shape index (κ1) is 16.5. The molecule has 122 valence electrons. The number of rotatable bonds is 4. The zero-order chi connectivity index (χ0) is 17.7. The Labute approximate surface area is 134 Å². The quantitative estimate of drug-likeness (QED) is 0.643. The Morgan fingerprint density at radius 2 is 1.46 bits per heavy atom. The fourth-order valence-corrected chi connectivity index (χ4v) is 1.82. The topological polar surface area (TPSA) is 144 Å². The molecule has 2 aromatic carbocycles. The molecular formula is C14H10N4O6. The number of nitrogens with zero attached hydrogens (tertiary/aromatic N) is 2. The number of hydrazine groups is 1. The van der Waals surface area contributed by atoms with Crippen molar-refractivity contribution >= 4 is 23.2 Å². The van der Waals surface area contributed by atoms with Crippen LogP contribution in [-0.2, 0) is 0 Å². The number of nitro benzene ring substituents is 2. The van der Waals surface area contributed by atoms with E-state index < -0.39 is 38.6 Å². The van der Waals surface area contributed by atoms with Gasteiger partial charge in [-0.25, -0.2) is 0 Å². The second-order valence-electron chi connectivity index (χ2n) is 4.49. The number of carbonyl (C=O) groups is 2. The number of carbonyl (C=O) groups excluding carboxylic acids is 2. The van der Waals surface area contributed by atoms with E-state index in [9.17, 15) is 29.8 Å². The Morgan fingerprint density at radius 3 is 2.04 bits per heavy atom. The van der Waals surface area contributed by atoms with E-state index in [4.69, 9.17) is 0 Å². The van der Waals surface area contributed by atoms with E-state index in [2.05, 4.69) is 5.43 Å². The summed E-state index contributed by atoms with van der Waals surface area (Å²) in [4.78, 5) is 43.7. The van der Waals surface area contributed by atoms with Crippen molar-refractivity contribution in [3.05, 3.63) is 79.9 Å². The third-order valence-electron chi connectivity index (χ3n) is 2.96. The largest absolute Gasteiger partial charge is 0.289 e. The molecule has 10 nitrogen and oxygen atoms in total. The molecule has 0 saturated carbocycles. The lowest BCUT2D eigenvalue weighted by Crippen LogP contribution is -2.41. The van der Waals surface area contributed by atoms with Crippen molar-refractivity contribution in [2.45, 2.75) is 0 Å². The average Bonchev–Trinajstić information content (AvgIpc) is 2.59. The third kappa shape index (κ3) is 3.68. The lowest BCUT2D eigenvalue weighted by molar-refractivity contribution is -0.394. The maximum Gasteiger partial charge on any atom is 0.289 e. The molecule has 0 aliphatic rings. The molecular weight excluding hydrogens is 320 g/mol. The van der Waals surface area contributed by atoms with Gasteiger partial charge in [0.05, 0.1) is 15.9 Å². The summed E-state index contributed by atoms with van der Waals surface area (Å²) in [7, 11) is 0. The molecule has 2 aromatic rings. The number of benzene rings is 2. The Balaban J connectivity index is 2.16. The highest BCUT2D eigenvalue weighted by Crippen LogP contribution is 2.24. The minimum Gasteiger partial charge on any atom is -0.267 e. The van der Waals surface area contributed by atoms with Crippen molar-refractivity contribution in [2.24, 2.45) is 0 Å². The van der Waals surface area contributed by atoms with Crippen molar-refractivity contribution in [1.82, 2.24) is 10.9 Å². The van der Waals surface area contributed by atoms with Gasteiger partial charge in [-0.15, -0.1) is 0 Å². The van der Waals surface area contributed by atoms with Crippen LogP contribution in [0, 0.1) is 20.2 Å². The summed E-state index contributed by atoms with van der Waals surface area (Å²) in [5, 5.41) is 21.6. The van der Waals surface area contributed by atoms with Crippen LogP contribution in [-0.4, -0.2) is 21.7 Å². The lowest BCUT2D eigenvalue weighted by atomic mass is 10.1. The van der Waals surface area contributed by atoms with Gasteiger partial charge in [-0.05, 0) is 18.2 Å². The van der Waals surface area contributed by atoms with E-state index in [1.54, 1.807) is 18.2 Å². The second-order valence-corrected chi connectivity index (χ2v) is 4.49. The second kappa shape index (κ2) is 6.96. The van der Waals surface area contributed by atoms with Gasteiger partial charge < -0.3 is 0 Å². The van der Waals surface area contributed by atoms with Crippen molar-refractivity contribution in [3.8, 4) is 0 Å². The summed E-state index contributed by atoms with van der Waals surface area (Å²) in [6.45, 7) is 0. The summed E-state index contributed by atoms with van der Waals surface area (Å²) in [6, 6.07) is 10.5. The fourth-order valence-electron chi connectivity index (χ4n) is 1.82. The monoisotopic (exact) mass is 330 g/mol. The van der Waals surface area contributed by atoms with E-state index >= 15 is 0 Å². The highest BCUT2D eigenvalue weighted by Gasteiger charge is 2.24. The van der Waals surface area contributed by atoms with Gasteiger partial charge in [-0.1, -0.05) is 18.2 Å². The summed E-state index contributed by atoms with van der Waals surface area (Å²) < 4.78 is 0. The van der Waals surface area contributed by atoms with Gasteiger partial charge in [0.1, 0.15) is 5.56 Å². The Hall–Kier alpha value is -3.82. The molecule has 0 atom stereocenters. The smallest absolute Gasteiger partial charge is 0.267 e. The highest BCUT2D eigenvalue weighted by molar-refractivity contribution is 6.01. The SMILES string of the molecule is O=C(NNC(=O)c1ccc([N+](=O)[O-])cc1[N+](=O)[O-])c1ccccc1. The molecule has 10 heteroatoms. The highest BCUT2D eigenvalue weighted by atomic mass is 16.6. The molecule has 0 bridgehead atoms. The van der Waals surface area contributed by atoms with Gasteiger partial charge in [0.25, 0.3) is 23.2 Å².